The molecule has 0 saturated heterocycles. The van der Waals surface area contributed by atoms with Gasteiger partial charge in [-0.3, -0.25) is 0 Å². The summed E-state index contributed by atoms with van der Waals surface area (Å²) in [6.07, 6.45) is 0.996. The Bertz CT molecular complexity index is 909. The lowest BCUT2D eigenvalue weighted by atomic mass is 10.1. The molecule has 4 heteroatoms. The Hall–Kier alpha value is -2.98. The maximum absolute atomic E-state index is 5.57. The smallest absolute Gasteiger partial charge is 0.231 e. The number of quaternary nitrogens is 1. The zero-order chi connectivity index (χ0) is 19.9. The number of hydrogen-bond acceptors (Lipinski definition) is 3. The van der Waals surface area contributed by atoms with Crippen LogP contribution < -0.4 is 19.1 Å². The van der Waals surface area contributed by atoms with E-state index in [1.165, 1.54) is 21.6 Å². The van der Waals surface area contributed by atoms with Gasteiger partial charge < -0.3 is 19.1 Å². The molecule has 3 aromatic rings. The van der Waals surface area contributed by atoms with Crippen LogP contribution in [0.5, 0.6) is 17.2 Å². The number of rotatable bonds is 9. The molecule has 1 unspecified atom stereocenters. The van der Waals surface area contributed by atoms with E-state index in [1.54, 1.807) is 0 Å². The van der Waals surface area contributed by atoms with E-state index in [9.17, 15) is 0 Å². The largest absolute Gasteiger partial charge is 0.494 e. The summed E-state index contributed by atoms with van der Waals surface area (Å²) in [7, 11) is 0. The molecule has 0 aromatic heterocycles. The molecule has 4 rings (SSSR count). The molecule has 1 aliphatic rings. The first-order chi connectivity index (χ1) is 14.3. The van der Waals surface area contributed by atoms with E-state index in [0.717, 1.165) is 43.3 Å². The topological polar surface area (TPSA) is 32.1 Å². The molecule has 0 aliphatic carbocycles. The highest BCUT2D eigenvalue weighted by molar-refractivity contribution is 5.44. The van der Waals surface area contributed by atoms with Gasteiger partial charge in [-0.1, -0.05) is 36.4 Å². The van der Waals surface area contributed by atoms with E-state index < -0.39 is 0 Å². The lowest BCUT2D eigenvalue weighted by Crippen LogP contribution is -3.09. The molecule has 1 aliphatic heterocycles. The minimum atomic E-state index is 0.321. The van der Waals surface area contributed by atoms with Gasteiger partial charge in [0.1, 0.15) is 18.8 Å². The second-order valence-electron chi connectivity index (χ2n) is 7.35. The number of benzene rings is 3. The Balaban J connectivity index is 1.44. The third kappa shape index (κ3) is 5.30. The minimum Gasteiger partial charge on any atom is -0.494 e. The fourth-order valence-electron chi connectivity index (χ4n) is 3.70. The molecule has 0 radical (unpaired) electrons. The van der Waals surface area contributed by atoms with E-state index in [4.69, 9.17) is 14.2 Å². The van der Waals surface area contributed by atoms with Gasteiger partial charge >= 0.3 is 0 Å². The minimum absolute atomic E-state index is 0.321. The fourth-order valence-corrected chi connectivity index (χ4v) is 3.70. The van der Waals surface area contributed by atoms with Gasteiger partial charge in [0, 0.05) is 17.5 Å². The van der Waals surface area contributed by atoms with Crippen molar-refractivity contribution in [1.29, 1.82) is 0 Å². The van der Waals surface area contributed by atoms with E-state index in [0.29, 0.717) is 13.4 Å². The molecule has 150 valence electrons. The summed E-state index contributed by atoms with van der Waals surface area (Å²) >= 11 is 0. The predicted octanol–water partition coefficient (Wildman–Crippen LogP) is 3.64. The lowest BCUT2D eigenvalue weighted by Gasteiger charge is -2.20. The average molecular weight is 391 g/mol. The van der Waals surface area contributed by atoms with E-state index in [1.807, 2.05) is 13.0 Å². The highest BCUT2D eigenvalue weighted by atomic mass is 16.7. The Labute approximate surface area is 172 Å². The van der Waals surface area contributed by atoms with Gasteiger partial charge in [0.15, 0.2) is 11.5 Å². The summed E-state index contributed by atoms with van der Waals surface area (Å²) < 4.78 is 16.5. The lowest BCUT2D eigenvalue weighted by molar-refractivity contribution is -0.927. The molecule has 1 heterocycles. The van der Waals surface area contributed by atoms with Gasteiger partial charge in [-0.15, -0.1) is 0 Å². The first-order valence-corrected chi connectivity index (χ1v) is 10.3. The molecule has 0 bridgehead atoms. The van der Waals surface area contributed by atoms with E-state index in [-0.39, 0.29) is 0 Å². The Morgan fingerprint density at radius 2 is 1.48 bits per heavy atom. The van der Waals surface area contributed by atoms with Crippen molar-refractivity contribution in [2.45, 2.75) is 26.4 Å². The summed E-state index contributed by atoms with van der Waals surface area (Å²) in [5.74, 6) is 2.64. The van der Waals surface area contributed by atoms with Crippen LogP contribution in [0, 0.1) is 0 Å². The number of ether oxygens (including phenoxy) is 3. The maximum Gasteiger partial charge on any atom is 0.231 e. The highest BCUT2D eigenvalue weighted by Gasteiger charge is 2.15. The molecule has 4 nitrogen and oxygen atoms in total. The normalized spacial score (nSPS) is 13.3. The fraction of sp³-hybridized carbons (Fsp3) is 0.280. The van der Waals surface area contributed by atoms with Crippen LogP contribution in [-0.4, -0.2) is 19.9 Å². The average Bonchev–Trinajstić information content (AvgIpc) is 3.22. The van der Waals surface area contributed by atoms with E-state index in [2.05, 4.69) is 66.7 Å². The van der Waals surface area contributed by atoms with Gasteiger partial charge in [0.25, 0.3) is 0 Å². The summed E-state index contributed by atoms with van der Waals surface area (Å²) in [6.45, 7) is 6.05. The molecule has 0 fully saturated rings. The predicted molar refractivity (Wildman–Crippen MR) is 114 cm³/mol. The van der Waals surface area contributed by atoms with Crippen LogP contribution in [0.4, 0.5) is 0 Å². The van der Waals surface area contributed by atoms with Crippen LogP contribution in [0.3, 0.4) is 0 Å². The van der Waals surface area contributed by atoms with Gasteiger partial charge in [0.05, 0.1) is 13.2 Å². The molecule has 0 spiro atoms. The molecular weight excluding hydrogens is 362 g/mol. The number of hydrogen-bond donors (Lipinski definition) is 1. The molecule has 0 amide bonds. The zero-order valence-electron chi connectivity index (χ0n) is 16.9. The first-order valence-electron chi connectivity index (χ1n) is 10.3. The number of fused-ring (bicyclic) bond motifs is 1. The van der Waals surface area contributed by atoms with Crippen molar-refractivity contribution in [1.82, 2.24) is 0 Å². The standard InChI is InChI=1S/C25H27NO3/c1-2-27-23-11-8-22(9-12-23)18-26(17-21-6-4-3-5-7-21)15-14-20-10-13-24-25(16-20)29-19-28-24/h3-13,16H,2,14-15,17-19H2,1H3/p+1. The molecule has 3 aromatic carbocycles. The monoisotopic (exact) mass is 390 g/mol. The quantitative estimate of drug-likeness (QED) is 0.605. The zero-order valence-corrected chi connectivity index (χ0v) is 16.9. The van der Waals surface area contributed by atoms with Crippen molar-refractivity contribution < 1.29 is 19.1 Å². The van der Waals surface area contributed by atoms with Crippen molar-refractivity contribution >= 4 is 0 Å². The van der Waals surface area contributed by atoms with Crippen LogP contribution in [-0.2, 0) is 19.5 Å². The van der Waals surface area contributed by atoms with Gasteiger partial charge in [-0.2, -0.15) is 0 Å². The SMILES string of the molecule is CCOc1ccc(C[NH+](CCc2ccc3c(c2)OCO3)Cc2ccccc2)cc1. The van der Waals surface area contributed by atoms with Crippen molar-refractivity contribution in [3.63, 3.8) is 0 Å². The summed E-state index contributed by atoms with van der Waals surface area (Å²) in [5, 5.41) is 0. The van der Waals surface area contributed by atoms with Crippen molar-refractivity contribution in [2.24, 2.45) is 0 Å². The van der Waals surface area contributed by atoms with Crippen LogP contribution in [0.25, 0.3) is 0 Å². The Morgan fingerprint density at radius 1 is 0.793 bits per heavy atom. The second-order valence-corrected chi connectivity index (χ2v) is 7.35. The van der Waals surface area contributed by atoms with Crippen LogP contribution >= 0.6 is 0 Å². The van der Waals surface area contributed by atoms with Crippen LogP contribution in [0.15, 0.2) is 72.8 Å². The summed E-state index contributed by atoms with van der Waals surface area (Å²) in [6, 6.07) is 25.5. The third-order valence-electron chi connectivity index (χ3n) is 5.19. The summed E-state index contributed by atoms with van der Waals surface area (Å²) in [4.78, 5) is 1.53. The Kier molecular flexibility index (Phi) is 6.32. The van der Waals surface area contributed by atoms with Crippen LogP contribution in [0.2, 0.25) is 0 Å². The van der Waals surface area contributed by atoms with Crippen molar-refractivity contribution in [2.75, 3.05) is 19.9 Å². The second kappa shape index (κ2) is 9.48. The molecule has 29 heavy (non-hydrogen) atoms. The highest BCUT2D eigenvalue weighted by Crippen LogP contribution is 2.32. The maximum atomic E-state index is 5.57. The molecular formula is C25H28NO3+. The van der Waals surface area contributed by atoms with Crippen LogP contribution in [0.1, 0.15) is 23.6 Å². The van der Waals surface area contributed by atoms with Gasteiger partial charge in [0.2, 0.25) is 6.79 Å². The molecule has 1 N–H and O–H groups in total. The van der Waals surface area contributed by atoms with Crippen molar-refractivity contribution in [3.8, 4) is 17.2 Å². The van der Waals surface area contributed by atoms with E-state index >= 15 is 0 Å². The Morgan fingerprint density at radius 3 is 2.24 bits per heavy atom. The van der Waals surface area contributed by atoms with Gasteiger partial charge in [-0.25, -0.2) is 0 Å². The first kappa shape index (κ1) is 19.3. The van der Waals surface area contributed by atoms with Gasteiger partial charge in [-0.05, 0) is 48.9 Å². The molecule has 1 atom stereocenters. The summed E-state index contributed by atoms with van der Waals surface area (Å²) in [5.41, 5.74) is 3.97. The third-order valence-corrected chi connectivity index (χ3v) is 5.19. The molecule has 0 saturated carbocycles. The number of nitrogens with one attached hydrogen (secondary N) is 1. The van der Waals surface area contributed by atoms with Crippen molar-refractivity contribution in [3.05, 3.63) is 89.5 Å².